The van der Waals surface area contributed by atoms with Crippen LogP contribution < -0.4 is 5.32 Å². The van der Waals surface area contributed by atoms with Crippen LogP contribution in [-0.2, 0) is 10.9 Å². The summed E-state index contributed by atoms with van der Waals surface area (Å²) >= 11 is 0. The Bertz CT molecular complexity index is 521. The van der Waals surface area contributed by atoms with E-state index in [1.807, 2.05) is 0 Å². The van der Waals surface area contributed by atoms with Crippen LogP contribution in [0.3, 0.4) is 0 Å². The summed E-state index contributed by atoms with van der Waals surface area (Å²) in [6, 6.07) is 0.389. The fraction of sp³-hybridized carbons (Fsp3) is 0.545. The van der Waals surface area contributed by atoms with Gasteiger partial charge in [-0.3, -0.25) is 10.1 Å². The van der Waals surface area contributed by atoms with Gasteiger partial charge in [-0.15, -0.1) is 0 Å². The lowest BCUT2D eigenvalue weighted by atomic mass is 10.1. The normalized spacial score (nSPS) is 22.8. The number of ether oxygens (including phenoxy) is 1. The van der Waals surface area contributed by atoms with Gasteiger partial charge in [0.05, 0.1) is 17.1 Å². The number of rotatable bonds is 3. The molecule has 2 unspecified atom stereocenters. The van der Waals surface area contributed by atoms with Crippen LogP contribution in [0.1, 0.15) is 19.0 Å². The molecular weight excluding hydrogens is 279 g/mol. The van der Waals surface area contributed by atoms with Crippen molar-refractivity contribution < 1.29 is 22.8 Å². The van der Waals surface area contributed by atoms with E-state index in [9.17, 15) is 23.3 Å². The number of pyridine rings is 1. The van der Waals surface area contributed by atoms with Crippen LogP contribution >= 0.6 is 0 Å². The summed E-state index contributed by atoms with van der Waals surface area (Å²) in [5.74, 6) is 0. The Hall–Kier alpha value is -1.90. The molecule has 0 saturated carbocycles. The van der Waals surface area contributed by atoms with Gasteiger partial charge in [-0.05, 0) is 19.4 Å². The third-order valence-electron chi connectivity index (χ3n) is 3.09. The van der Waals surface area contributed by atoms with Crippen molar-refractivity contribution in [1.82, 2.24) is 4.98 Å². The first kappa shape index (κ1) is 14.5. The predicted octanol–water partition coefficient (Wildman–Crippen LogP) is 2.60. The van der Waals surface area contributed by atoms with Crippen LogP contribution in [0.5, 0.6) is 0 Å². The quantitative estimate of drug-likeness (QED) is 0.684. The van der Waals surface area contributed by atoms with Crippen molar-refractivity contribution in [1.29, 1.82) is 0 Å². The topological polar surface area (TPSA) is 77.3 Å². The smallest absolute Gasteiger partial charge is 0.376 e. The number of aromatic nitrogens is 1. The van der Waals surface area contributed by atoms with E-state index in [0.717, 1.165) is 0 Å². The highest BCUT2D eigenvalue weighted by molar-refractivity contribution is 5.61. The molecular formula is C11H12F3N3O3. The lowest BCUT2D eigenvalue weighted by Gasteiger charge is -2.18. The first-order chi connectivity index (χ1) is 9.29. The van der Waals surface area contributed by atoms with Crippen LogP contribution in [0.2, 0.25) is 0 Å². The van der Waals surface area contributed by atoms with Crippen molar-refractivity contribution in [3.05, 3.63) is 28.1 Å². The van der Waals surface area contributed by atoms with E-state index < -0.39 is 22.5 Å². The molecule has 2 atom stereocenters. The molecule has 1 fully saturated rings. The fourth-order valence-corrected chi connectivity index (χ4v) is 1.99. The molecule has 9 heteroatoms. The van der Waals surface area contributed by atoms with Crippen LogP contribution in [-0.4, -0.2) is 28.7 Å². The molecule has 1 saturated heterocycles. The van der Waals surface area contributed by atoms with Gasteiger partial charge in [0.15, 0.2) is 0 Å². The van der Waals surface area contributed by atoms with E-state index in [1.165, 1.54) is 0 Å². The fourth-order valence-electron chi connectivity index (χ4n) is 1.99. The zero-order chi connectivity index (χ0) is 14.9. The van der Waals surface area contributed by atoms with Gasteiger partial charge in [-0.2, -0.15) is 13.2 Å². The molecule has 0 aromatic carbocycles. The van der Waals surface area contributed by atoms with Crippen molar-refractivity contribution in [2.45, 2.75) is 31.7 Å². The molecule has 20 heavy (non-hydrogen) atoms. The van der Waals surface area contributed by atoms with Crippen LogP contribution in [0.25, 0.3) is 0 Å². The van der Waals surface area contributed by atoms with Crippen LogP contribution in [0.15, 0.2) is 12.3 Å². The molecule has 0 radical (unpaired) electrons. The number of alkyl halides is 3. The molecule has 0 aliphatic carbocycles. The second kappa shape index (κ2) is 5.23. The molecule has 1 N–H and O–H groups in total. The molecule has 1 aliphatic rings. The number of hydrogen-bond acceptors (Lipinski definition) is 5. The van der Waals surface area contributed by atoms with Gasteiger partial charge in [0, 0.05) is 6.61 Å². The van der Waals surface area contributed by atoms with Gasteiger partial charge in [0.25, 0.3) is 0 Å². The summed E-state index contributed by atoms with van der Waals surface area (Å²) in [4.78, 5) is 13.2. The Kier molecular flexibility index (Phi) is 3.80. The zero-order valence-corrected chi connectivity index (χ0v) is 10.5. The molecule has 2 heterocycles. The summed E-state index contributed by atoms with van der Waals surface area (Å²) in [5, 5.41) is 13.6. The van der Waals surface area contributed by atoms with Gasteiger partial charge >= 0.3 is 11.9 Å². The molecule has 2 rings (SSSR count). The third kappa shape index (κ3) is 2.98. The zero-order valence-electron chi connectivity index (χ0n) is 10.5. The average Bonchev–Trinajstić information content (AvgIpc) is 2.73. The Morgan fingerprint density at radius 1 is 1.55 bits per heavy atom. The van der Waals surface area contributed by atoms with E-state index in [2.05, 4.69) is 10.3 Å². The Morgan fingerprint density at radius 2 is 2.25 bits per heavy atom. The lowest BCUT2D eigenvalue weighted by Crippen LogP contribution is -2.27. The standard InChI is InChI=1S/C11H12F3N3O3/c1-6-7(2-3-20-6)16-8-4-10(11(12,13)14)15-5-9(8)17(18)19/h4-7H,2-3H2,1H3,(H,15,16). The molecule has 110 valence electrons. The van der Waals surface area contributed by atoms with Crippen molar-refractivity contribution in [2.75, 3.05) is 11.9 Å². The first-order valence-corrected chi connectivity index (χ1v) is 5.89. The van der Waals surface area contributed by atoms with E-state index in [0.29, 0.717) is 25.3 Å². The van der Waals surface area contributed by atoms with Crippen molar-refractivity contribution in [3.8, 4) is 0 Å². The summed E-state index contributed by atoms with van der Waals surface area (Å²) < 4.78 is 43.1. The highest BCUT2D eigenvalue weighted by Crippen LogP contribution is 2.34. The Morgan fingerprint density at radius 3 is 2.75 bits per heavy atom. The minimum absolute atomic E-state index is 0.195. The Balaban J connectivity index is 2.34. The number of halogens is 3. The molecule has 1 aromatic rings. The van der Waals surface area contributed by atoms with Gasteiger partial charge < -0.3 is 10.1 Å². The largest absolute Gasteiger partial charge is 0.433 e. The number of hydrogen-bond donors (Lipinski definition) is 1. The van der Waals surface area contributed by atoms with E-state index in [-0.39, 0.29) is 17.8 Å². The highest BCUT2D eigenvalue weighted by Gasteiger charge is 2.35. The van der Waals surface area contributed by atoms with Crippen molar-refractivity contribution in [2.24, 2.45) is 0 Å². The maximum absolute atomic E-state index is 12.6. The summed E-state index contributed by atoms with van der Waals surface area (Å²) in [6.45, 7) is 2.21. The van der Waals surface area contributed by atoms with Crippen LogP contribution in [0, 0.1) is 10.1 Å². The number of nitro groups is 1. The second-order valence-electron chi connectivity index (χ2n) is 4.46. The molecule has 0 spiro atoms. The average molecular weight is 291 g/mol. The van der Waals surface area contributed by atoms with Gasteiger partial charge in [0.2, 0.25) is 0 Å². The molecule has 6 nitrogen and oxygen atoms in total. The maximum atomic E-state index is 12.6. The molecule has 0 amide bonds. The number of anilines is 1. The van der Waals surface area contributed by atoms with Gasteiger partial charge in [-0.25, -0.2) is 4.98 Å². The van der Waals surface area contributed by atoms with Crippen LogP contribution in [0.4, 0.5) is 24.5 Å². The summed E-state index contributed by atoms with van der Waals surface area (Å²) in [7, 11) is 0. The summed E-state index contributed by atoms with van der Waals surface area (Å²) in [5.41, 5.74) is -1.85. The van der Waals surface area contributed by atoms with E-state index in [4.69, 9.17) is 4.74 Å². The number of nitrogens with one attached hydrogen (secondary N) is 1. The highest BCUT2D eigenvalue weighted by atomic mass is 19.4. The van der Waals surface area contributed by atoms with Gasteiger partial charge in [0.1, 0.15) is 17.6 Å². The predicted molar refractivity (Wildman–Crippen MR) is 63.3 cm³/mol. The maximum Gasteiger partial charge on any atom is 0.433 e. The lowest BCUT2D eigenvalue weighted by molar-refractivity contribution is -0.384. The third-order valence-corrected chi connectivity index (χ3v) is 3.09. The molecule has 0 bridgehead atoms. The van der Waals surface area contributed by atoms with Gasteiger partial charge in [-0.1, -0.05) is 0 Å². The van der Waals surface area contributed by atoms with Crippen molar-refractivity contribution >= 4 is 11.4 Å². The minimum Gasteiger partial charge on any atom is -0.376 e. The monoisotopic (exact) mass is 291 g/mol. The molecule has 1 aliphatic heterocycles. The van der Waals surface area contributed by atoms with E-state index in [1.54, 1.807) is 6.92 Å². The minimum atomic E-state index is -4.65. The second-order valence-corrected chi connectivity index (χ2v) is 4.46. The SMILES string of the molecule is CC1OCCC1Nc1cc(C(F)(F)F)ncc1[N+](=O)[O-]. The summed E-state index contributed by atoms with van der Waals surface area (Å²) in [6.07, 6.45) is -3.69. The number of nitrogens with zero attached hydrogens (tertiary/aromatic N) is 2. The van der Waals surface area contributed by atoms with E-state index >= 15 is 0 Å². The first-order valence-electron chi connectivity index (χ1n) is 5.89. The molecule has 1 aromatic heterocycles. The van der Waals surface area contributed by atoms with Crippen molar-refractivity contribution in [3.63, 3.8) is 0 Å². The Labute approximate surface area is 112 Å².